The third kappa shape index (κ3) is 2.98. The van der Waals surface area contributed by atoms with Crippen molar-refractivity contribution in [2.45, 2.75) is 12.3 Å². The van der Waals surface area contributed by atoms with Crippen molar-refractivity contribution in [3.05, 3.63) is 52.3 Å². The molecule has 0 fully saturated rings. The molecule has 4 nitrogen and oxygen atoms in total. The molecule has 5 heteroatoms. The Morgan fingerprint density at radius 1 is 1.44 bits per heavy atom. The van der Waals surface area contributed by atoms with Crippen LogP contribution in [0, 0.1) is 0 Å². The zero-order chi connectivity index (χ0) is 13.1. The van der Waals surface area contributed by atoms with E-state index in [2.05, 4.69) is 21.0 Å². The van der Waals surface area contributed by atoms with Crippen molar-refractivity contribution < 1.29 is 9.90 Å². The lowest BCUT2D eigenvalue weighted by Gasteiger charge is -2.11. The lowest BCUT2D eigenvalue weighted by molar-refractivity contribution is -0.138. The molecule has 2 rings (SSSR count). The monoisotopic (exact) mass is 308 g/mol. The fraction of sp³-hybridized carbons (Fsp3) is 0.231. The summed E-state index contributed by atoms with van der Waals surface area (Å²) < 4.78 is 2.62. The Bertz CT molecular complexity index is 548. The Balaban J connectivity index is 2.23. The van der Waals surface area contributed by atoms with Crippen LogP contribution in [0.4, 0.5) is 0 Å². The average Bonchev–Trinajstić information content (AvgIpc) is 2.73. The van der Waals surface area contributed by atoms with Gasteiger partial charge in [0.1, 0.15) is 0 Å². The summed E-state index contributed by atoms with van der Waals surface area (Å²) in [5.74, 6) is -1.36. The molecule has 2 aromatic rings. The number of hydrogen-bond donors (Lipinski definition) is 1. The van der Waals surface area contributed by atoms with Gasteiger partial charge in [0.2, 0.25) is 0 Å². The average molecular weight is 309 g/mol. The predicted molar refractivity (Wildman–Crippen MR) is 71.4 cm³/mol. The quantitative estimate of drug-likeness (QED) is 0.944. The number of aromatic nitrogens is 2. The van der Waals surface area contributed by atoms with Gasteiger partial charge in [-0.1, -0.05) is 28.1 Å². The van der Waals surface area contributed by atoms with E-state index in [1.807, 2.05) is 37.5 Å². The minimum atomic E-state index is -0.818. The number of aryl methyl sites for hydroxylation is 1. The molecule has 1 unspecified atom stereocenters. The Morgan fingerprint density at radius 3 is 2.61 bits per heavy atom. The van der Waals surface area contributed by atoms with Crippen LogP contribution in [0.5, 0.6) is 0 Å². The van der Waals surface area contributed by atoms with Crippen molar-refractivity contribution in [1.82, 2.24) is 9.78 Å². The molecule has 1 aromatic carbocycles. The third-order valence-corrected chi connectivity index (χ3v) is 3.30. The predicted octanol–water partition coefficient (Wildman–Crippen LogP) is 2.59. The van der Waals surface area contributed by atoms with Crippen LogP contribution in [0.25, 0.3) is 0 Å². The number of hydrogen-bond acceptors (Lipinski definition) is 2. The fourth-order valence-corrected chi connectivity index (χ4v) is 2.12. The number of aliphatic carboxylic acids is 1. The number of rotatable bonds is 4. The van der Waals surface area contributed by atoms with Gasteiger partial charge in [-0.3, -0.25) is 9.48 Å². The molecule has 0 saturated carbocycles. The van der Waals surface area contributed by atoms with Crippen LogP contribution >= 0.6 is 15.9 Å². The summed E-state index contributed by atoms with van der Waals surface area (Å²) in [5.41, 5.74) is 1.72. The van der Waals surface area contributed by atoms with E-state index in [9.17, 15) is 9.90 Å². The van der Waals surface area contributed by atoms with Crippen molar-refractivity contribution in [1.29, 1.82) is 0 Å². The van der Waals surface area contributed by atoms with Gasteiger partial charge in [-0.25, -0.2) is 0 Å². The first kappa shape index (κ1) is 12.8. The molecular formula is C13H13BrN2O2. The van der Waals surface area contributed by atoms with Gasteiger partial charge in [-0.15, -0.1) is 0 Å². The lowest BCUT2D eigenvalue weighted by Crippen LogP contribution is -2.14. The van der Waals surface area contributed by atoms with E-state index in [1.165, 1.54) is 0 Å². The maximum atomic E-state index is 11.4. The fourth-order valence-electron chi connectivity index (χ4n) is 1.86. The first-order chi connectivity index (χ1) is 8.56. The zero-order valence-corrected chi connectivity index (χ0v) is 11.5. The van der Waals surface area contributed by atoms with Gasteiger partial charge in [-0.2, -0.15) is 5.10 Å². The highest BCUT2D eigenvalue weighted by atomic mass is 79.9. The van der Waals surface area contributed by atoms with Crippen molar-refractivity contribution in [3.8, 4) is 0 Å². The van der Waals surface area contributed by atoms with Crippen LogP contribution in [-0.4, -0.2) is 20.9 Å². The van der Waals surface area contributed by atoms with E-state index in [0.29, 0.717) is 6.42 Å². The minimum absolute atomic E-state index is 0.449. The van der Waals surface area contributed by atoms with Crippen LogP contribution in [0.15, 0.2) is 41.1 Å². The first-order valence-corrected chi connectivity index (χ1v) is 6.31. The van der Waals surface area contributed by atoms with Gasteiger partial charge in [0.25, 0.3) is 0 Å². The summed E-state index contributed by atoms with van der Waals surface area (Å²) >= 11 is 3.34. The number of halogens is 1. The lowest BCUT2D eigenvalue weighted by atomic mass is 9.93. The van der Waals surface area contributed by atoms with Gasteiger partial charge < -0.3 is 5.11 Å². The third-order valence-electron chi connectivity index (χ3n) is 2.77. The summed E-state index contributed by atoms with van der Waals surface area (Å²) in [7, 11) is 1.82. The number of nitrogens with zero attached hydrogens (tertiary/aromatic N) is 2. The van der Waals surface area contributed by atoms with Gasteiger partial charge in [0.05, 0.1) is 12.1 Å². The second kappa shape index (κ2) is 5.35. The van der Waals surface area contributed by atoms with Crippen molar-refractivity contribution >= 4 is 21.9 Å². The van der Waals surface area contributed by atoms with Crippen LogP contribution in [0.3, 0.4) is 0 Å². The maximum absolute atomic E-state index is 11.4. The summed E-state index contributed by atoms with van der Waals surface area (Å²) in [4.78, 5) is 11.4. The van der Waals surface area contributed by atoms with Crippen LogP contribution < -0.4 is 0 Å². The second-order valence-electron chi connectivity index (χ2n) is 4.17. The van der Waals surface area contributed by atoms with Crippen LogP contribution in [0.2, 0.25) is 0 Å². The highest BCUT2D eigenvalue weighted by Gasteiger charge is 2.20. The molecule has 0 aliphatic heterocycles. The SMILES string of the molecule is Cn1cc(CC(C(=O)O)c2ccc(Br)cc2)cn1. The molecule has 1 N–H and O–H groups in total. The molecule has 0 aliphatic carbocycles. The van der Waals surface area contributed by atoms with Gasteiger partial charge >= 0.3 is 5.97 Å². The normalized spacial score (nSPS) is 12.3. The molecule has 0 amide bonds. The van der Waals surface area contributed by atoms with Crippen LogP contribution in [-0.2, 0) is 18.3 Å². The molecule has 0 radical (unpaired) electrons. The van der Waals surface area contributed by atoms with Crippen LogP contribution in [0.1, 0.15) is 17.0 Å². The van der Waals surface area contributed by atoms with Crippen molar-refractivity contribution in [2.75, 3.05) is 0 Å². The Labute approximate surface area is 113 Å². The van der Waals surface area contributed by atoms with Gasteiger partial charge in [0.15, 0.2) is 0 Å². The molecule has 18 heavy (non-hydrogen) atoms. The van der Waals surface area contributed by atoms with Gasteiger partial charge in [-0.05, 0) is 29.7 Å². The maximum Gasteiger partial charge on any atom is 0.311 e. The molecule has 94 valence electrons. The summed E-state index contributed by atoms with van der Waals surface area (Å²) in [6.07, 6.45) is 3.99. The smallest absolute Gasteiger partial charge is 0.311 e. The summed E-state index contributed by atoms with van der Waals surface area (Å²) in [6.45, 7) is 0. The largest absolute Gasteiger partial charge is 0.481 e. The number of benzene rings is 1. The number of carboxylic acid groups (broad SMARTS) is 1. The Hall–Kier alpha value is -1.62. The first-order valence-electron chi connectivity index (χ1n) is 5.52. The van der Waals surface area contributed by atoms with E-state index in [-0.39, 0.29) is 0 Å². The number of carboxylic acids is 1. The molecule has 0 aliphatic rings. The van der Waals surface area contributed by atoms with E-state index < -0.39 is 11.9 Å². The Kier molecular flexibility index (Phi) is 3.81. The molecule has 1 heterocycles. The van der Waals surface area contributed by atoms with Gasteiger partial charge in [0, 0.05) is 17.7 Å². The molecule has 1 aromatic heterocycles. The molecule has 0 bridgehead atoms. The molecule has 0 spiro atoms. The van der Waals surface area contributed by atoms with E-state index in [1.54, 1.807) is 10.9 Å². The molecule has 0 saturated heterocycles. The topological polar surface area (TPSA) is 55.1 Å². The zero-order valence-electron chi connectivity index (χ0n) is 9.88. The van der Waals surface area contributed by atoms with Crippen molar-refractivity contribution in [2.24, 2.45) is 7.05 Å². The Morgan fingerprint density at radius 2 is 2.11 bits per heavy atom. The summed E-state index contributed by atoms with van der Waals surface area (Å²) in [6, 6.07) is 7.38. The summed E-state index contributed by atoms with van der Waals surface area (Å²) in [5, 5.41) is 13.4. The second-order valence-corrected chi connectivity index (χ2v) is 5.08. The highest BCUT2D eigenvalue weighted by Crippen LogP contribution is 2.23. The number of carbonyl (C=O) groups is 1. The van der Waals surface area contributed by atoms with E-state index in [0.717, 1.165) is 15.6 Å². The van der Waals surface area contributed by atoms with E-state index in [4.69, 9.17) is 0 Å². The van der Waals surface area contributed by atoms with E-state index >= 15 is 0 Å². The van der Waals surface area contributed by atoms with Crippen molar-refractivity contribution in [3.63, 3.8) is 0 Å². The molecular weight excluding hydrogens is 296 g/mol. The highest BCUT2D eigenvalue weighted by molar-refractivity contribution is 9.10. The standard InChI is InChI=1S/C13H13BrN2O2/c1-16-8-9(7-15-16)6-12(13(17)18)10-2-4-11(14)5-3-10/h2-5,7-8,12H,6H2,1H3,(H,17,18). The minimum Gasteiger partial charge on any atom is -0.481 e. The molecule has 1 atom stereocenters.